The lowest BCUT2D eigenvalue weighted by atomic mass is 9.74. The number of aliphatic carboxylic acids is 1. The molecule has 1 aliphatic heterocycles. The van der Waals surface area contributed by atoms with Crippen molar-refractivity contribution < 1.29 is 24.3 Å². The number of likely N-dealkylation sites (tertiary alicyclic amines) is 1. The maximum atomic E-state index is 13.2. The number of nitrogens with zero attached hydrogens (tertiary/aromatic N) is 1. The zero-order valence-electron chi connectivity index (χ0n) is 16.0. The molecule has 0 radical (unpaired) electrons. The van der Waals surface area contributed by atoms with Crippen molar-refractivity contribution in [2.24, 2.45) is 11.7 Å². The number of carboxylic acid groups (broad SMARTS) is 1. The van der Waals surface area contributed by atoms with Crippen molar-refractivity contribution in [3.8, 4) is 0 Å². The van der Waals surface area contributed by atoms with Crippen LogP contribution < -0.4 is 5.73 Å². The van der Waals surface area contributed by atoms with Gasteiger partial charge in [-0.15, -0.1) is 0 Å². The summed E-state index contributed by atoms with van der Waals surface area (Å²) in [6.45, 7) is 2.33. The Bertz CT molecular complexity index is 659. The van der Waals surface area contributed by atoms with Gasteiger partial charge in [0.2, 0.25) is 0 Å². The van der Waals surface area contributed by atoms with Crippen molar-refractivity contribution in [1.29, 1.82) is 0 Å². The van der Waals surface area contributed by atoms with Crippen molar-refractivity contribution in [3.63, 3.8) is 0 Å². The minimum atomic E-state index is -1.36. The van der Waals surface area contributed by atoms with Crippen LogP contribution in [0.1, 0.15) is 37.7 Å². The molecule has 9 heteroatoms. The molecule has 1 fully saturated rings. The first kappa shape index (κ1) is 23.1. The number of carboxylic acids is 1. The fourth-order valence-corrected chi connectivity index (χ4v) is 4.09. The van der Waals surface area contributed by atoms with Gasteiger partial charge in [0.1, 0.15) is 11.4 Å². The van der Waals surface area contributed by atoms with Gasteiger partial charge in [0.05, 0.1) is 5.02 Å². The molecule has 0 aliphatic carbocycles. The van der Waals surface area contributed by atoms with Gasteiger partial charge in [-0.1, -0.05) is 30.5 Å². The number of halogens is 2. The molecule has 28 heavy (non-hydrogen) atoms. The van der Waals surface area contributed by atoms with Gasteiger partial charge in [0.15, 0.2) is 0 Å². The zero-order chi connectivity index (χ0) is 20.7. The van der Waals surface area contributed by atoms with E-state index in [0.29, 0.717) is 32.1 Å². The normalized spacial score (nSPS) is 18.0. The largest absolute Gasteiger partial charge is 0.480 e. The molecular weight excluding hydrogens is 385 g/mol. The van der Waals surface area contributed by atoms with E-state index in [9.17, 15) is 14.3 Å². The molecule has 1 aromatic rings. The molecule has 0 saturated carbocycles. The molecule has 5 N–H and O–H groups in total. The first-order chi connectivity index (χ1) is 13.2. The Kier molecular flexibility index (Phi) is 8.70. The highest BCUT2D eigenvalue weighted by atomic mass is 35.5. The molecule has 1 aliphatic rings. The molecule has 0 amide bonds. The van der Waals surface area contributed by atoms with Crippen LogP contribution in [-0.2, 0) is 11.2 Å². The lowest BCUT2D eigenvalue weighted by Crippen LogP contribution is -2.57. The molecule has 1 unspecified atom stereocenters. The van der Waals surface area contributed by atoms with Crippen molar-refractivity contribution in [1.82, 2.24) is 4.90 Å². The Morgan fingerprint density at radius 1 is 1.32 bits per heavy atom. The van der Waals surface area contributed by atoms with Crippen molar-refractivity contribution >= 4 is 24.7 Å². The van der Waals surface area contributed by atoms with Gasteiger partial charge < -0.3 is 25.8 Å². The average molecular weight is 415 g/mol. The van der Waals surface area contributed by atoms with Crippen LogP contribution in [0.15, 0.2) is 18.2 Å². The van der Waals surface area contributed by atoms with E-state index in [2.05, 4.69) is 4.90 Å². The van der Waals surface area contributed by atoms with E-state index in [-0.39, 0.29) is 17.3 Å². The Morgan fingerprint density at radius 3 is 2.57 bits per heavy atom. The lowest BCUT2D eigenvalue weighted by molar-refractivity contribution is -0.147. The summed E-state index contributed by atoms with van der Waals surface area (Å²) in [5, 5.41) is 27.6. The van der Waals surface area contributed by atoms with E-state index >= 15 is 0 Å². The third-order valence-corrected chi connectivity index (χ3v) is 6.01. The first-order valence-electron chi connectivity index (χ1n) is 9.77. The smallest absolute Gasteiger partial charge is 0.451 e. The predicted molar refractivity (Wildman–Crippen MR) is 108 cm³/mol. The Hall–Kier alpha value is -1.19. The summed E-state index contributed by atoms with van der Waals surface area (Å²) >= 11 is 5.82. The molecule has 0 aromatic heterocycles. The van der Waals surface area contributed by atoms with E-state index in [1.165, 1.54) is 6.07 Å². The predicted octanol–water partition coefficient (Wildman–Crippen LogP) is 2.16. The quantitative estimate of drug-likeness (QED) is 0.345. The summed E-state index contributed by atoms with van der Waals surface area (Å²) in [4.78, 5) is 14.1. The third kappa shape index (κ3) is 6.42. The molecular formula is C19H29BClFN2O4. The fourth-order valence-electron chi connectivity index (χ4n) is 3.88. The SMILES string of the molecule is NC(CCCCB(O)O)(C(=O)O)C1CCN(CCc2ccc(F)c(Cl)c2)CC1. The summed E-state index contributed by atoms with van der Waals surface area (Å²) in [6, 6.07) is 4.74. The van der Waals surface area contributed by atoms with Gasteiger partial charge in [-0.2, -0.15) is 0 Å². The van der Waals surface area contributed by atoms with Crippen LogP contribution in [-0.4, -0.2) is 58.3 Å². The number of rotatable bonds is 10. The van der Waals surface area contributed by atoms with Crippen LogP contribution in [0.4, 0.5) is 4.39 Å². The van der Waals surface area contributed by atoms with Gasteiger partial charge in [-0.05, 0) is 68.7 Å². The van der Waals surface area contributed by atoms with Crippen LogP contribution in [0.3, 0.4) is 0 Å². The second-order valence-corrected chi connectivity index (χ2v) is 8.09. The molecule has 1 saturated heterocycles. The van der Waals surface area contributed by atoms with Crippen molar-refractivity contribution in [3.05, 3.63) is 34.6 Å². The van der Waals surface area contributed by atoms with Crippen molar-refractivity contribution in [2.45, 2.75) is 50.4 Å². The Morgan fingerprint density at radius 2 is 2.00 bits per heavy atom. The number of piperidine rings is 1. The van der Waals surface area contributed by atoms with Crippen LogP contribution in [0.5, 0.6) is 0 Å². The molecule has 0 spiro atoms. The second-order valence-electron chi connectivity index (χ2n) is 7.69. The standard InChI is InChI=1S/C19H29BClFN2O4/c21-16-13-14(3-4-17(16)22)5-10-24-11-6-15(7-12-24)19(23,18(25)26)8-1-2-9-20(27)28/h3-4,13,15,27-28H,1-2,5-12,23H2,(H,25,26). The van der Waals surface area contributed by atoms with E-state index in [1.807, 2.05) is 0 Å². The number of hydrogen-bond donors (Lipinski definition) is 4. The molecule has 156 valence electrons. The van der Waals surface area contributed by atoms with Crippen LogP contribution in [0.2, 0.25) is 11.3 Å². The lowest BCUT2D eigenvalue weighted by Gasteiger charge is -2.40. The highest BCUT2D eigenvalue weighted by Crippen LogP contribution is 2.31. The number of unbranched alkanes of at least 4 members (excludes halogenated alkanes) is 1. The van der Waals surface area contributed by atoms with Crippen LogP contribution >= 0.6 is 11.6 Å². The molecule has 2 rings (SSSR count). The molecule has 1 heterocycles. The van der Waals surface area contributed by atoms with Crippen LogP contribution in [0, 0.1) is 11.7 Å². The summed E-state index contributed by atoms with van der Waals surface area (Å²) < 4.78 is 13.2. The minimum Gasteiger partial charge on any atom is -0.480 e. The first-order valence-corrected chi connectivity index (χ1v) is 10.1. The maximum absolute atomic E-state index is 13.2. The molecule has 1 aromatic carbocycles. The van der Waals surface area contributed by atoms with E-state index < -0.39 is 24.4 Å². The van der Waals surface area contributed by atoms with Gasteiger partial charge in [-0.25, -0.2) is 4.39 Å². The monoisotopic (exact) mass is 414 g/mol. The maximum Gasteiger partial charge on any atom is 0.451 e. The number of benzene rings is 1. The van der Waals surface area contributed by atoms with Crippen molar-refractivity contribution in [2.75, 3.05) is 19.6 Å². The summed E-state index contributed by atoms with van der Waals surface area (Å²) in [7, 11) is -1.36. The highest BCUT2D eigenvalue weighted by Gasteiger charge is 2.42. The Balaban J connectivity index is 1.82. The fraction of sp³-hybridized carbons (Fsp3) is 0.632. The van der Waals surface area contributed by atoms with Gasteiger partial charge in [0.25, 0.3) is 0 Å². The molecule has 6 nitrogen and oxygen atoms in total. The Labute approximate surface area is 170 Å². The number of carbonyl (C=O) groups is 1. The van der Waals surface area contributed by atoms with E-state index in [4.69, 9.17) is 27.4 Å². The summed E-state index contributed by atoms with van der Waals surface area (Å²) in [6.07, 6.45) is 3.79. The van der Waals surface area contributed by atoms with E-state index in [1.54, 1.807) is 12.1 Å². The van der Waals surface area contributed by atoms with E-state index in [0.717, 1.165) is 31.6 Å². The van der Waals surface area contributed by atoms with Gasteiger partial charge in [0, 0.05) is 6.54 Å². The zero-order valence-corrected chi connectivity index (χ0v) is 16.7. The topological polar surface area (TPSA) is 107 Å². The van der Waals surface area contributed by atoms with Gasteiger partial charge >= 0.3 is 13.1 Å². The molecule has 0 bridgehead atoms. The summed E-state index contributed by atoms with van der Waals surface area (Å²) in [5.74, 6) is -1.52. The highest BCUT2D eigenvalue weighted by molar-refractivity contribution is 6.40. The number of hydrogen-bond acceptors (Lipinski definition) is 5. The van der Waals surface area contributed by atoms with Crippen LogP contribution in [0.25, 0.3) is 0 Å². The van der Waals surface area contributed by atoms with Gasteiger partial charge in [-0.3, -0.25) is 4.79 Å². The second kappa shape index (κ2) is 10.6. The average Bonchev–Trinajstić information content (AvgIpc) is 2.66. The minimum absolute atomic E-state index is 0.111. The number of nitrogens with two attached hydrogens (primary N) is 1. The summed E-state index contributed by atoms with van der Waals surface area (Å²) in [5.41, 5.74) is 5.97. The third-order valence-electron chi connectivity index (χ3n) is 5.72. The molecule has 1 atom stereocenters.